The number of likely N-dealkylation sites (tertiary alicyclic amines) is 1. The van der Waals surface area contributed by atoms with Crippen molar-refractivity contribution < 1.29 is 23.8 Å². The average Bonchev–Trinajstić information content (AvgIpc) is 3.36. The van der Waals surface area contributed by atoms with E-state index in [9.17, 15) is 14.7 Å². The Hall–Kier alpha value is -3.51. The average molecular weight is 438 g/mol. The second-order valence-corrected chi connectivity index (χ2v) is 7.46. The molecular formula is C24H20ClNO5. The first-order valence-electron chi connectivity index (χ1n) is 9.79. The van der Waals surface area contributed by atoms with E-state index in [1.165, 1.54) is 11.2 Å². The van der Waals surface area contributed by atoms with Crippen LogP contribution < -0.4 is 4.74 Å². The predicted molar refractivity (Wildman–Crippen MR) is 116 cm³/mol. The number of ether oxygens (including phenoxy) is 1. The van der Waals surface area contributed by atoms with Crippen LogP contribution in [0.2, 0.25) is 5.02 Å². The number of amides is 1. The molecule has 0 aliphatic carbocycles. The SMILES string of the molecule is CCOc1ccc(C(O)=C2C(=O)C(=O)N(Cc3ccco3)C2c2cccc(Cl)c2)cc1. The van der Waals surface area contributed by atoms with Crippen LogP contribution in [0.4, 0.5) is 0 Å². The van der Waals surface area contributed by atoms with Gasteiger partial charge in [-0.15, -0.1) is 0 Å². The third kappa shape index (κ3) is 4.07. The van der Waals surface area contributed by atoms with Gasteiger partial charge < -0.3 is 19.2 Å². The molecule has 158 valence electrons. The summed E-state index contributed by atoms with van der Waals surface area (Å²) >= 11 is 6.18. The minimum absolute atomic E-state index is 0.00276. The zero-order chi connectivity index (χ0) is 22.0. The molecule has 4 rings (SSSR count). The second kappa shape index (κ2) is 8.70. The number of carbonyl (C=O) groups excluding carboxylic acids is 2. The van der Waals surface area contributed by atoms with Gasteiger partial charge in [-0.05, 0) is 61.0 Å². The Morgan fingerprint density at radius 1 is 1.13 bits per heavy atom. The van der Waals surface area contributed by atoms with Crippen molar-refractivity contribution in [1.29, 1.82) is 0 Å². The first-order valence-corrected chi connectivity index (χ1v) is 10.2. The Bertz CT molecular complexity index is 1140. The molecule has 31 heavy (non-hydrogen) atoms. The molecule has 0 spiro atoms. The van der Waals surface area contributed by atoms with Gasteiger partial charge in [-0.3, -0.25) is 9.59 Å². The summed E-state index contributed by atoms with van der Waals surface area (Å²) in [5.74, 6) is -0.566. The van der Waals surface area contributed by atoms with Gasteiger partial charge in [0.05, 0.1) is 31.0 Å². The molecule has 2 heterocycles. The number of aliphatic hydroxyl groups is 1. The number of rotatable bonds is 6. The lowest BCUT2D eigenvalue weighted by Crippen LogP contribution is -2.29. The van der Waals surface area contributed by atoms with Crippen LogP contribution in [-0.2, 0) is 16.1 Å². The molecule has 0 bridgehead atoms. The third-order valence-corrected chi connectivity index (χ3v) is 5.28. The van der Waals surface area contributed by atoms with Crippen LogP contribution in [0.5, 0.6) is 5.75 Å². The molecular weight excluding hydrogens is 418 g/mol. The van der Waals surface area contributed by atoms with Crippen molar-refractivity contribution in [3.63, 3.8) is 0 Å². The number of furan rings is 1. The van der Waals surface area contributed by atoms with Gasteiger partial charge in [-0.25, -0.2) is 0 Å². The van der Waals surface area contributed by atoms with Gasteiger partial charge >= 0.3 is 0 Å². The minimum atomic E-state index is -0.810. The zero-order valence-electron chi connectivity index (χ0n) is 16.7. The van der Waals surface area contributed by atoms with Gasteiger partial charge in [-0.1, -0.05) is 23.7 Å². The first-order chi connectivity index (χ1) is 15.0. The van der Waals surface area contributed by atoms with E-state index in [0.29, 0.717) is 34.3 Å². The lowest BCUT2D eigenvalue weighted by molar-refractivity contribution is -0.140. The molecule has 0 radical (unpaired) electrons. The fraction of sp³-hybridized carbons (Fsp3) is 0.167. The molecule has 1 atom stereocenters. The van der Waals surface area contributed by atoms with E-state index in [1.54, 1.807) is 60.7 Å². The summed E-state index contributed by atoms with van der Waals surface area (Å²) in [4.78, 5) is 27.3. The van der Waals surface area contributed by atoms with Crippen LogP contribution in [0.3, 0.4) is 0 Å². The normalized spacial score (nSPS) is 17.9. The molecule has 1 N–H and O–H groups in total. The van der Waals surface area contributed by atoms with Crippen LogP contribution >= 0.6 is 11.6 Å². The molecule has 3 aromatic rings. The summed E-state index contributed by atoms with van der Waals surface area (Å²) in [6.07, 6.45) is 1.50. The van der Waals surface area contributed by atoms with Crippen molar-refractivity contribution in [3.8, 4) is 5.75 Å². The molecule has 1 aliphatic heterocycles. The monoisotopic (exact) mass is 437 g/mol. The summed E-state index contributed by atoms with van der Waals surface area (Å²) in [6.45, 7) is 2.46. The van der Waals surface area contributed by atoms with Crippen molar-refractivity contribution in [3.05, 3.63) is 94.4 Å². The number of aliphatic hydroxyl groups excluding tert-OH is 1. The van der Waals surface area contributed by atoms with Crippen LogP contribution in [0.25, 0.3) is 5.76 Å². The Balaban J connectivity index is 1.82. The molecule has 2 aromatic carbocycles. The first kappa shape index (κ1) is 20.8. The standard InChI is InChI=1S/C24H20ClNO5/c1-2-30-18-10-8-15(9-11-18)22(27)20-21(16-5-3-6-17(25)13-16)26(24(29)23(20)28)14-19-7-4-12-31-19/h3-13,21,27H,2,14H2,1H3. The molecule has 1 aromatic heterocycles. The van der Waals surface area contributed by atoms with E-state index in [2.05, 4.69) is 0 Å². The Morgan fingerprint density at radius 2 is 1.90 bits per heavy atom. The van der Waals surface area contributed by atoms with Crippen LogP contribution in [0.15, 0.2) is 76.9 Å². The second-order valence-electron chi connectivity index (χ2n) is 7.02. The minimum Gasteiger partial charge on any atom is -0.507 e. The highest BCUT2D eigenvalue weighted by molar-refractivity contribution is 6.46. The Morgan fingerprint density at radius 3 is 2.55 bits per heavy atom. The van der Waals surface area contributed by atoms with E-state index in [4.69, 9.17) is 20.8 Å². The van der Waals surface area contributed by atoms with Crippen molar-refractivity contribution in [2.24, 2.45) is 0 Å². The summed E-state index contributed by atoms with van der Waals surface area (Å²) in [6, 6.07) is 16.2. The zero-order valence-corrected chi connectivity index (χ0v) is 17.5. The lowest BCUT2D eigenvalue weighted by Gasteiger charge is -2.24. The number of benzene rings is 2. The maximum Gasteiger partial charge on any atom is 0.296 e. The maximum absolute atomic E-state index is 13.0. The van der Waals surface area contributed by atoms with E-state index >= 15 is 0 Å². The lowest BCUT2D eigenvalue weighted by atomic mass is 9.95. The number of ketones is 1. The largest absolute Gasteiger partial charge is 0.507 e. The van der Waals surface area contributed by atoms with Gasteiger partial charge in [0.1, 0.15) is 17.3 Å². The van der Waals surface area contributed by atoms with E-state index < -0.39 is 17.7 Å². The number of halogens is 1. The molecule has 6 nitrogen and oxygen atoms in total. The number of hydrogen-bond acceptors (Lipinski definition) is 5. The third-order valence-electron chi connectivity index (χ3n) is 5.05. The van der Waals surface area contributed by atoms with Gasteiger partial charge in [0.2, 0.25) is 0 Å². The van der Waals surface area contributed by atoms with Crippen LogP contribution in [0.1, 0.15) is 29.9 Å². The molecule has 1 unspecified atom stereocenters. The predicted octanol–water partition coefficient (Wildman–Crippen LogP) is 4.95. The highest BCUT2D eigenvalue weighted by Crippen LogP contribution is 2.41. The Labute approximate surface area is 184 Å². The van der Waals surface area contributed by atoms with E-state index in [1.807, 2.05) is 6.92 Å². The fourth-order valence-corrected chi connectivity index (χ4v) is 3.87. The van der Waals surface area contributed by atoms with Crippen LogP contribution in [-0.4, -0.2) is 28.3 Å². The van der Waals surface area contributed by atoms with Crippen LogP contribution in [0, 0.1) is 0 Å². The smallest absolute Gasteiger partial charge is 0.296 e. The number of hydrogen-bond donors (Lipinski definition) is 1. The molecule has 0 saturated carbocycles. The highest BCUT2D eigenvalue weighted by Gasteiger charge is 2.46. The Kier molecular flexibility index (Phi) is 5.82. The molecule has 1 amide bonds. The highest BCUT2D eigenvalue weighted by atomic mass is 35.5. The topological polar surface area (TPSA) is 80.0 Å². The van der Waals surface area contributed by atoms with Gasteiger partial charge in [-0.2, -0.15) is 0 Å². The summed E-state index contributed by atoms with van der Waals surface area (Å²) in [5.41, 5.74) is 1.03. The summed E-state index contributed by atoms with van der Waals surface area (Å²) in [7, 11) is 0. The van der Waals surface area contributed by atoms with Crippen molar-refractivity contribution in [1.82, 2.24) is 4.90 Å². The number of carbonyl (C=O) groups is 2. The quantitative estimate of drug-likeness (QED) is 0.335. The summed E-state index contributed by atoms with van der Waals surface area (Å²) in [5, 5.41) is 11.5. The van der Waals surface area contributed by atoms with Crippen molar-refractivity contribution in [2.75, 3.05) is 6.61 Å². The number of nitrogens with zero attached hydrogens (tertiary/aromatic N) is 1. The van der Waals surface area contributed by atoms with Gasteiger partial charge in [0.25, 0.3) is 11.7 Å². The van der Waals surface area contributed by atoms with Crippen molar-refractivity contribution in [2.45, 2.75) is 19.5 Å². The maximum atomic E-state index is 13.0. The number of Topliss-reactive ketones (excluding diaryl/α,β-unsaturated/α-hetero) is 1. The molecule has 1 aliphatic rings. The van der Waals surface area contributed by atoms with Crippen molar-refractivity contribution >= 4 is 29.1 Å². The van der Waals surface area contributed by atoms with Gasteiger partial charge in [0, 0.05) is 10.6 Å². The van der Waals surface area contributed by atoms with E-state index in [0.717, 1.165) is 0 Å². The fourth-order valence-electron chi connectivity index (χ4n) is 3.67. The van der Waals surface area contributed by atoms with E-state index in [-0.39, 0.29) is 17.9 Å². The molecule has 7 heteroatoms. The van der Waals surface area contributed by atoms with Gasteiger partial charge in [0.15, 0.2) is 0 Å². The molecule has 1 saturated heterocycles. The summed E-state index contributed by atoms with van der Waals surface area (Å²) < 4.78 is 10.8. The molecule has 1 fully saturated rings.